The van der Waals surface area contributed by atoms with E-state index in [4.69, 9.17) is 14.2 Å². The molecule has 1 amide bonds. The first-order valence-corrected chi connectivity index (χ1v) is 10.8. The fourth-order valence-electron chi connectivity index (χ4n) is 2.97. The molecule has 0 bridgehead atoms. The lowest BCUT2D eigenvalue weighted by atomic mass is 10.2. The number of carbonyl (C=O) groups is 1. The van der Waals surface area contributed by atoms with Crippen LogP contribution >= 0.6 is 11.8 Å². The second kappa shape index (κ2) is 11.2. The molecule has 10 heteroatoms. The minimum atomic E-state index is -0.274. The molecule has 3 rings (SSSR count). The number of nitrogens with one attached hydrogen (secondary N) is 1. The van der Waals surface area contributed by atoms with Crippen molar-refractivity contribution in [1.29, 1.82) is 0 Å². The maximum absolute atomic E-state index is 12.3. The van der Waals surface area contributed by atoms with Crippen molar-refractivity contribution in [2.24, 2.45) is 5.10 Å². The number of benzene rings is 2. The number of hydrogen-bond donors (Lipinski definition) is 1. The van der Waals surface area contributed by atoms with Gasteiger partial charge in [-0.1, -0.05) is 42.1 Å². The molecule has 1 heterocycles. The van der Waals surface area contributed by atoms with Crippen LogP contribution in [0.25, 0.3) is 11.4 Å². The highest BCUT2D eigenvalue weighted by Crippen LogP contribution is 2.32. The first kappa shape index (κ1) is 23.1. The zero-order valence-corrected chi connectivity index (χ0v) is 19.2. The van der Waals surface area contributed by atoms with Crippen LogP contribution < -0.4 is 19.6 Å². The van der Waals surface area contributed by atoms with E-state index in [1.807, 2.05) is 41.8 Å². The van der Waals surface area contributed by atoms with E-state index in [2.05, 4.69) is 20.7 Å². The predicted octanol–water partition coefficient (Wildman–Crippen LogP) is 3.23. The fourth-order valence-corrected chi connectivity index (χ4v) is 3.77. The molecule has 0 unspecified atom stereocenters. The highest BCUT2D eigenvalue weighted by molar-refractivity contribution is 7.99. The Labute approximate surface area is 190 Å². The van der Waals surface area contributed by atoms with E-state index >= 15 is 0 Å². The van der Waals surface area contributed by atoms with Crippen LogP contribution in [0.4, 0.5) is 0 Å². The van der Waals surface area contributed by atoms with Crippen LogP contribution in [-0.2, 0) is 11.3 Å². The van der Waals surface area contributed by atoms with Gasteiger partial charge in [0.1, 0.15) is 17.2 Å². The average Bonchev–Trinajstić information content (AvgIpc) is 3.26. The zero-order valence-electron chi connectivity index (χ0n) is 18.4. The lowest BCUT2D eigenvalue weighted by Crippen LogP contribution is -2.20. The number of nitrogens with zero attached hydrogens (tertiary/aromatic N) is 4. The van der Waals surface area contributed by atoms with Gasteiger partial charge >= 0.3 is 0 Å². The van der Waals surface area contributed by atoms with E-state index in [-0.39, 0.29) is 11.7 Å². The van der Waals surface area contributed by atoms with E-state index < -0.39 is 0 Å². The van der Waals surface area contributed by atoms with E-state index in [0.717, 1.165) is 11.4 Å². The molecule has 0 spiro atoms. The number of carbonyl (C=O) groups excluding carboxylic acids is 1. The lowest BCUT2D eigenvalue weighted by molar-refractivity contribution is -0.118. The Hall–Kier alpha value is -3.53. The van der Waals surface area contributed by atoms with Crippen LogP contribution in [0.5, 0.6) is 17.2 Å². The van der Waals surface area contributed by atoms with Crippen LogP contribution in [0.3, 0.4) is 0 Å². The highest BCUT2D eigenvalue weighted by Gasteiger charge is 2.15. The minimum absolute atomic E-state index is 0.140. The summed E-state index contributed by atoms with van der Waals surface area (Å²) in [6.45, 7) is 2.70. The number of aromatic nitrogens is 3. The third-order valence-corrected chi connectivity index (χ3v) is 5.50. The van der Waals surface area contributed by atoms with Crippen LogP contribution in [0.15, 0.2) is 52.7 Å². The number of rotatable bonds is 10. The van der Waals surface area contributed by atoms with Gasteiger partial charge in [0.05, 0.1) is 38.9 Å². The number of ether oxygens (including phenoxy) is 3. The Morgan fingerprint density at radius 1 is 1.09 bits per heavy atom. The molecule has 0 saturated heterocycles. The van der Waals surface area contributed by atoms with Crippen molar-refractivity contribution in [3.05, 3.63) is 48.0 Å². The van der Waals surface area contributed by atoms with Gasteiger partial charge in [-0.15, -0.1) is 10.2 Å². The second-order valence-corrected chi connectivity index (χ2v) is 7.39. The van der Waals surface area contributed by atoms with Gasteiger partial charge in [-0.3, -0.25) is 4.79 Å². The molecule has 0 aliphatic heterocycles. The molecule has 2 aromatic carbocycles. The minimum Gasteiger partial charge on any atom is -0.496 e. The van der Waals surface area contributed by atoms with Crippen molar-refractivity contribution in [2.45, 2.75) is 18.6 Å². The Balaban J connectivity index is 1.64. The lowest BCUT2D eigenvalue weighted by Gasteiger charge is -2.12. The summed E-state index contributed by atoms with van der Waals surface area (Å²) in [6.07, 6.45) is 1.47. The van der Waals surface area contributed by atoms with Gasteiger partial charge in [0, 0.05) is 24.2 Å². The molecule has 1 aromatic heterocycles. The second-order valence-electron chi connectivity index (χ2n) is 6.44. The highest BCUT2D eigenvalue weighted by atomic mass is 32.2. The summed E-state index contributed by atoms with van der Waals surface area (Å²) in [6, 6.07) is 13.2. The molecule has 3 aromatic rings. The molecular weight excluding hydrogens is 430 g/mol. The maximum atomic E-state index is 12.3. The smallest absolute Gasteiger partial charge is 0.250 e. The zero-order chi connectivity index (χ0) is 22.9. The van der Waals surface area contributed by atoms with Crippen molar-refractivity contribution < 1.29 is 19.0 Å². The standard InChI is InChI=1S/C22H25N5O4S/c1-5-27-21(15-9-7-6-8-10-15)25-26-22(27)32-14-20(28)24-23-13-17-18(30-3)11-16(29-2)12-19(17)31-4/h6-13H,5,14H2,1-4H3,(H,24,28)/b23-13-. The number of hydrazone groups is 1. The molecule has 0 saturated carbocycles. The fraction of sp³-hybridized carbons (Fsp3) is 0.273. The molecule has 168 valence electrons. The van der Waals surface area contributed by atoms with Crippen LogP contribution in [0, 0.1) is 0 Å². The topological polar surface area (TPSA) is 99.9 Å². The van der Waals surface area contributed by atoms with Crippen molar-refractivity contribution in [3.63, 3.8) is 0 Å². The average molecular weight is 456 g/mol. The van der Waals surface area contributed by atoms with E-state index in [9.17, 15) is 4.79 Å². The third kappa shape index (κ3) is 5.38. The molecule has 9 nitrogen and oxygen atoms in total. The van der Waals surface area contributed by atoms with Crippen molar-refractivity contribution in [1.82, 2.24) is 20.2 Å². The van der Waals surface area contributed by atoms with Crippen molar-refractivity contribution >= 4 is 23.9 Å². The quantitative estimate of drug-likeness (QED) is 0.285. The largest absolute Gasteiger partial charge is 0.496 e. The summed E-state index contributed by atoms with van der Waals surface area (Å²) >= 11 is 1.30. The SMILES string of the molecule is CCn1c(SCC(=O)N/N=C\c2c(OC)cc(OC)cc2OC)nnc1-c1ccccc1. The first-order valence-electron chi connectivity index (χ1n) is 9.84. The van der Waals surface area contributed by atoms with Gasteiger partial charge in [-0.25, -0.2) is 5.43 Å². The number of methoxy groups -OCH3 is 3. The summed E-state index contributed by atoms with van der Waals surface area (Å²) in [5.74, 6) is 2.25. The van der Waals surface area contributed by atoms with Crippen molar-refractivity contribution in [2.75, 3.05) is 27.1 Å². The summed E-state index contributed by atoms with van der Waals surface area (Å²) in [7, 11) is 4.63. The van der Waals surface area contributed by atoms with Crippen LogP contribution in [0.1, 0.15) is 12.5 Å². The third-order valence-electron chi connectivity index (χ3n) is 4.53. The first-order chi connectivity index (χ1) is 15.6. The van der Waals surface area contributed by atoms with Gasteiger partial charge in [-0.2, -0.15) is 5.10 Å². The molecular formula is C22H25N5O4S. The van der Waals surface area contributed by atoms with E-state index in [1.54, 1.807) is 19.2 Å². The Bertz CT molecular complexity index is 1060. The molecule has 0 radical (unpaired) electrons. The van der Waals surface area contributed by atoms with Crippen LogP contribution in [-0.4, -0.2) is 54.0 Å². The summed E-state index contributed by atoms with van der Waals surface area (Å²) < 4.78 is 17.9. The van der Waals surface area contributed by atoms with Gasteiger partial charge in [-0.05, 0) is 6.92 Å². The Kier molecular flexibility index (Phi) is 8.09. The number of hydrogen-bond acceptors (Lipinski definition) is 8. The molecule has 0 aliphatic rings. The number of thioether (sulfide) groups is 1. The Morgan fingerprint density at radius 2 is 1.78 bits per heavy atom. The molecule has 0 atom stereocenters. The predicted molar refractivity (Wildman–Crippen MR) is 124 cm³/mol. The monoisotopic (exact) mass is 455 g/mol. The summed E-state index contributed by atoms with van der Waals surface area (Å²) in [5.41, 5.74) is 4.08. The Morgan fingerprint density at radius 3 is 2.38 bits per heavy atom. The van der Waals surface area contributed by atoms with Gasteiger partial charge in [0.2, 0.25) is 0 Å². The molecule has 1 N–H and O–H groups in total. The van der Waals surface area contributed by atoms with E-state index in [1.165, 1.54) is 32.2 Å². The molecule has 0 aliphatic carbocycles. The summed E-state index contributed by atoms with van der Waals surface area (Å²) in [5, 5.41) is 13.2. The summed E-state index contributed by atoms with van der Waals surface area (Å²) in [4.78, 5) is 12.3. The normalized spacial score (nSPS) is 10.9. The van der Waals surface area contributed by atoms with Gasteiger partial charge < -0.3 is 18.8 Å². The molecule has 32 heavy (non-hydrogen) atoms. The number of amides is 1. The van der Waals surface area contributed by atoms with Crippen LogP contribution in [0.2, 0.25) is 0 Å². The van der Waals surface area contributed by atoms with Gasteiger partial charge in [0.25, 0.3) is 5.91 Å². The molecule has 0 fully saturated rings. The van der Waals surface area contributed by atoms with Crippen molar-refractivity contribution in [3.8, 4) is 28.6 Å². The van der Waals surface area contributed by atoms with Gasteiger partial charge in [0.15, 0.2) is 11.0 Å². The maximum Gasteiger partial charge on any atom is 0.250 e. The van der Waals surface area contributed by atoms with E-state index in [0.29, 0.717) is 34.5 Å².